The van der Waals surface area contributed by atoms with Crippen LogP contribution in [0.25, 0.3) is 0 Å². The maximum Gasteiger partial charge on any atom is 0.410 e. The molecule has 1 unspecified atom stereocenters. The third-order valence-corrected chi connectivity index (χ3v) is 5.32. The summed E-state index contributed by atoms with van der Waals surface area (Å²) in [6, 6.07) is 9.93. The monoisotopic (exact) mass is 426 g/mol. The first kappa shape index (κ1) is 22.9. The van der Waals surface area contributed by atoms with E-state index in [1.165, 1.54) is 5.56 Å². The summed E-state index contributed by atoms with van der Waals surface area (Å²) < 4.78 is 17.1. The highest BCUT2D eigenvalue weighted by Crippen LogP contribution is 2.37. The van der Waals surface area contributed by atoms with E-state index in [2.05, 4.69) is 31.0 Å². The Morgan fingerprint density at radius 2 is 1.97 bits per heavy atom. The molecule has 2 aromatic rings. The van der Waals surface area contributed by atoms with Crippen LogP contribution in [-0.4, -0.2) is 35.2 Å². The molecule has 0 spiro atoms. The molecule has 0 saturated carbocycles. The van der Waals surface area contributed by atoms with Gasteiger partial charge in [0.15, 0.2) is 0 Å². The minimum Gasteiger partial charge on any atom is -0.495 e. The zero-order valence-electron chi connectivity index (χ0n) is 19.7. The Kier molecular flexibility index (Phi) is 6.77. The quantitative estimate of drug-likeness (QED) is 0.635. The zero-order chi connectivity index (χ0) is 22.8. The van der Waals surface area contributed by atoms with E-state index in [0.717, 1.165) is 34.9 Å². The summed E-state index contributed by atoms with van der Waals surface area (Å²) in [6.45, 7) is 12.9. The Morgan fingerprint density at radius 3 is 2.61 bits per heavy atom. The number of benzene rings is 1. The topological polar surface area (TPSA) is 60.9 Å². The standard InChI is InChI=1S/C25H34N2O4/c1-16(2)23-20-10-9-19(30-15-21-22(29-7)11-8-17(3)26-21)14-18(20)12-13-27(23)24(28)31-25(4,5)6/h8-11,14,16,23H,12-13,15H2,1-7H3. The van der Waals surface area contributed by atoms with Crippen LogP contribution in [0.5, 0.6) is 11.5 Å². The van der Waals surface area contributed by atoms with E-state index >= 15 is 0 Å². The summed E-state index contributed by atoms with van der Waals surface area (Å²) >= 11 is 0. The van der Waals surface area contributed by atoms with Gasteiger partial charge < -0.3 is 19.1 Å². The van der Waals surface area contributed by atoms with Crippen molar-refractivity contribution in [3.8, 4) is 11.5 Å². The second kappa shape index (κ2) is 9.16. The number of aromatic nitrogens is 1. The molecule has 3 rings (SSSR count). The summed E-state index contributed by atoms with van der Waals surface area (Å²) in [5.41, 5.74) is 3.55. The van der Waals surface area contributed by atoms with E-state index in [4.69, 9.17) is 14.2 Å². The fraction of sp³-hybridized carbons (Fsp3) is 0.520. The van der Waals surface area contributed by atoms with E-state index in [9.17, 15) is 4.79 Å². The van der Waals surface area contributed by atoms with Crippen molar-refractivity contribution in [2.24, 2.45) is 5.92 Å². The lowest BCUT2D eigenvalue weighted by Crippen LogP contribution is -2.44. The van der Waals surface area contributed by atoms with Crippen molar-refractivity contribution in [2.75, 3.05) is 13.7 Å². The number of methoxy groups -OCH3 is 1. The number of nitrogens with zero attached hydrogens (tertiary/aromatic N) is 2. The first-order valence-corrected chi connectivity index (χ1v) is 10.8. The minimum atomic E-state index is -0.512. The number of ether oxygens (including phenoxy) is 3. The number of carbonyl (C=O) groups excluding carboxylic acids is 1. The Labute approximate surface area is 185 Å². The lowest BCUT2D eigenvalue weighted by atomic mass is 9.86. The molecule has 0 fully saturated rings. The smallest absolute Gasteiger partial charge is 0.410 e. The largest absolute Gasteiger partial charge is 0.495 e. The summed E-state index contributed by atoms with van der Waals surface area (Å²) in [4.78, 5) is 19.2. The molecule has 31 heavy (non-hydrogen) atoms. The van der Waals surface area contributed by atoms with Crippen LogP contribution in [0.2, 0.25) is 0 Å². The SMILES string of the molecule is COc1ccc(C)nc1COc1ccc2c(c1)CCN(C(=O)OC(C)(C)C)C2C(C)C. The van der Waals surface area contributed by atoms with Crippen molar-refractivity contribution in [1.29, 1.82) is 0 Å². The predicted molar refractivity (Wildman–Crippen MR) is 121 cm³/mol. The molecule has 1 atom stereocenters. The van der Waals surface area contributed by atoms with Crippen LogP contribution >= 0.6 is 0 Å². The van der Waals surface area contributed by atoms with Crippen LogP contribution in [0.3, 0.4) is 0 Å². The number of fused-ring (bicyclic) bond motifs is 1. The Morgan fingerprint density at radius 1 is 1.23 bits per heavy atom. The van der Waals surface area contributed by atoms with Gasteiger partial charge in [0.2, 0.25) is 0 Å². The van der Waals surface area contributed by atoms with E-state index in [1.54, 1.807) is 7.11 Å². The second-order valence-electron chi connectivity index (χ2n) is 9.36. The number of hydrogen-bond acceptors (Lipinski definition) is 5. The van der Waals surface area contributed by atoms with E-state index in [0.29, 0.717) is 13.2 Å². The van der Waals surface area contributed by atoms with Crippen molar-refractivity contribution in [1.82, 2.24) is 9.88 Å². The molecule has 1 aliphatic heterocycles. The van der Waals surface area contributed by atoms with Gasteiger partial charge in [-0.05, 0) is 75.4 Å². The van der Waals surface area contributed by atoms with E-state index in [1.807, 2.05) is 50.8 Å². The molecule has 0 bridgehead atoms. The number of hydrogen-bond donors (Lipinski definition) is 0. The highest BCUT2D eigenvalue weighted by atomic mass is 16.6. The van der Waals surface area contributed by atoms with Crippen LogP contribution in [0.1, 0.15) is 63.2 Å². The molecule has 168 valence electrons. The maximum absolute atomic E-state index is 12.8. The zero-order valence-corrected chi connectivity index (χ0v) is 19.7. The molecule has 6 heteroatoms. The van der Waals surface area contributed by atoms with Crippen molar-refractivity contribution in [2.45, 2.75) is 66.2 Å². The summed E-state index contributed by atoms with van der Waals surface area (Å²) in [5, 5.41) is 0. The van der Waals surface area contributed by atoms with Gasteiger partial charge in [-0.1, -0.05) is 19.9 Å². The number of pyridine rings is 1. The lowest BCUT2D eigenvalue weighted by Gasteiger charge is -2.40. The summed E-state index contributed by atoms with van der Waals surface area (Å²) in [5.74, 6) is 1.77. The van der Waals surface area contributed by atoms with Gasteiger partial charge in [0.1, 0.15) is 29.4 Å². The lowest BCUT2D eigenvalue weighted by molar-refractivity contribution is 0.00876. The normalized spacial score (nSPS) is 16.1. The number of amides is 1. The molecule has 0 radical (unpaired) electrons. The number of aryl methyl sites for hydroxylation is 1. The Bertz CT molecular complexity index is 934. The highest BCUT2D eigenvalue weighted by molar-refractivity contribution is 5.69. The predicted octanol–water partition coefficient (Wildman–Crippen LogP) is 5.47. The van der Waals surface area contributed by atoms with Crippen LogP contribution in [0, 0.1) is 12.8 Å². The fourth-order valence-corrected chi connectivity index (χ4v) is 4.01. The van der Waals surface area contributed by atoms with Crippen molar-refractivity contribution < 1.29 is 19.0 Å². The minimum absolute atomic E-state index is 0.0221. The van der Waals surface area contributed by atoms with Gasteiger partial charge in [-0.3, -0.25) is 4.98 Å². The van der Waals surface area contributed by atoms with Crippen molar-refractivity contribution in [3.63, 3.8) is 0 Å². The summed E-state index contributed by atoms with van der Waals surface area (Å²) in [6.07, 6.45) is 0.510. The molecule has 0 saturated heterocycles. The van der Waals surface area contributed by atoms with E-state index in [-0.39, 0.29) is 18.1 Å². The van der Waals surface area contributed by atoms with Crippen molar-refractivity contribution >= 4 is 6.09 Å². The Balaban J connectivity index is 1.79. The van der Waals surface area contributed by atoms with Crippen LogP contribution < -0.4 is 9.47 Å². The van der Waals surface area contributed by atoms with Gasteiger partial charge in [-0.2, -0.15) is 0 Å². The summed E-state index contributed by atoms with van der Waals surface area (Å²) in [7, 11) is 1.64. The first-order chi connectivity index (χ1) is 14.6. The second-order valence-corrected chi connectivity index (χ2v) is 9.36. The van der Waals surface area contributed by atoms with Crippen LogP contribution in [0.15, 0.2) is 30.3 Å². The molecule has 2 heterocycles. The van der Waals surface area contributed by atoms with Crippen LogP contribution in [0.4, 0.5) is 4.79 Å². The third-order valence-electron chi connectivity index (χ3n) is 5.32. The number of rotatable bonds is 5. The van der Waals surface area contributed by atoms with Crippen molar-refractivity contribution in [3.05, 3.63) is 52.8 Å². The van der Waals surface area contributed by atoms with Gasteiger partial charge in [0, 0.05) is 12.2 Å². The fourth-order valence-electron chi connectivity index (χ4n) is 4.01. The highest BCUT2D eigenvalue weighted by Gasteiger charge is 2.35. The number of carbonyl (C=O) groups is 1. The molecule has 1 aliphatic rings. The van der Waals surface area contributed by atoms with E-state index < -0.39 is 5.60 Å². The van der Waals surface area contributed by atoms with Gasteiger partial charge in [0.05, 0.1) is 13.2 Å². The van der Waals surface area contributed by atoms with Gasteiger partial charge in [-0.25, -0.2) is 4.79 Å². The average Bonchev–Trinajstić information content (AvgIpc) is 2.69. The molecule has 0 aliphatic carbocycles. The van der Waals surface area contributed by atoms with Crippen LogP contribution in [-0.2, 0) is 17.8 Å². The molecule has 0 N–H and O–H groups in total. The molecule has 1 amide bonds. The Hall–Kier alpha value is -2.76. The molecule has 1 aromatic heterocycles. The van der Waals surface area contributed by atoms with Gasteiger partial charge >= 0.3 is 6.09 Å². The molecular formula is C25H34N2O4. The molecule has 6 nitrogen and oxygen atoms in total. The molecule has 1 aromatic carbocycles. The van der Waals surface area contributed by atoms with Gasteiger partial charge in [-0.15, -0.1) is 0 Å². The third kappa shape index (κ3) is 5.49. The average molecular weight is 427 g/mol. The van der Waals surface area contributed by atoms with Gasteiger partial charge in [0.25, 0.3) is 0 Å². The molecular weight excluding hydrogens is 392 g/mol. The maximum atomic E-state index is 12.8. The first-order valence-electron chi connectivity index (χ1n) is 10.8.